The van der Waals surface area contributed by atoms with Crippen LogP contribution >= 0.6 is 0 Å². The second kappa shape index (κ2) is 7.25. The second-order valence-electron chi connectivity index (χ2n) is 4.86. The maximum Gasteiger partial charge on any atom is 0.0584 e. The molecule has 1 atom stereocenters. The van der Waals surface area contributed by atoms with Gasteiger partial charge in [-0.05, 0) is 23.5 Å². The van der Waals surface area contributed by atoms with Gasteiger partial charge in [-0.1, -0.05) is 50.8 Å². The van der Waals surface area contributed by atoms with E-state index < -0.39 is 0 Å². The number of aliphatic hydroxyl groups excluding tert-OH is 1. The fraction of sp³-hybridized carbons (Fsp3) is 0.467. The molecule has 0 bridgehead atoms. The second-order valence-corrected chi connectivity index (χ2v) is 4.86. The molecule has 0 fully saturated rings. The Balaban J connectivity index is 2.42. The van der Waals surface area contributed by atoms with Crippen molar-refractivity contribution in [1.29, 1.82) is 0 Å². The fourth-order valence-electron chi connectivity index (χ4n) is 1.83. The van der Waals surface area contributed by atoms with Crippen LogP contribution in [-0.4, -0.2) is 24.3 Å². The molecule has 2 N–H and O–H groups in total. The van der Waals surface area contributed by atoms with Gasteiger partial charge in [-0.2, -0.15) is 0 Å². The lowest BCUT2D eigenvalue weighted by atomic mass is 10.0. The van der Waals surface area contributed by atoms with Gasteiger partial charge < -0.3 is 10.4 Å². The highest BCUT2D eigenvalue weighted by atomic mass is 16.3. The zero-order valence-electron chi connectivity index (χ0n) is 10.8. The Kier molecular flexibility index (Phi) is 5.95. The van der Waals surface area contributed by atoms with Gasteiger partial charge in [0.05, 0.1) is 6.61 Å². The highest BCUT2D eigenvalue weighted by Crippen LogP contribution is 2.11. The third-order valence-electron chi connectivity index (χ3n) is 2.76. The van der Waals surface area contributed by atoms with Crippen molar-refractivity contribution < 1.29 is 5.11 Å². The highest BCUT2D eigenvalue weighted by Gasteiger charge is 2.09. The number of benzene rings is 1. The summed E-state index contributed by atoms with van der Waals surface area (Å²) < 4.78 is 0. The molecule has 2 nitrogen and oxygen atoms in total. The molecule has 0 saturated carbocycles. The standard InChI is InChI=1S/C15H23NO/c1-12(2)9-15(11-17)16-10-13(3)14-7-5-4-6-8-14/h4-8,12,15-17H,3,9-11H2,1-2H3. The zero-order chi connectivity index (χ0) is 12.7. The summed E-state index contributed by atoms with van der Waals surface area (Å²) in [5, 5.41) is 12.6. The molecule has 1 aromatic carbocycles. The van der Waals surface area contributed by atoms with Crippen molar-refractivity contribution in [3.8, 4) is 0 Å². The molecule has 17 heavy (non-hydrogen) atoms. The molecular weight excluding hydrogens is 210 g/mol. The van der Waals surface area contributed by atoms with E-state index in [2.05, 4.69) is 37.9 Å². The number of rotatable bonds is 7. The van der Waals surface area contributed by atoms with Crippen molar-refractivity contribution in [3.63, 3.8) is 0 Å². The average molecular weight is 233 g/mol. The van der Waals surface area contributed by atoms with E-state index in [9.17, 15) is 5.11 Å². The minimum absolute atomic E-state index is 0.162. The van der Waals surface area contributed by atoms with E-state index >= 15 is 0 Å². The quantitative estimate of drug-likeness (QED) is 0.759. The smallest absolute Gasteiger partial charge is 0.0584 e. The molecule has 94 valence electrons. The van der Waals surface area contributed by atoms with E-state index in [1.165, 1.54) is 0 Å². The fourth-order valence-corrected chi connectivity index (χ4v) is 1.83. The summed E-state index contributed by atoms with van der Waals surface area (Å²) in [7, 11) is 0. The lowest BCUT2D eigenvalue weighted by Crippen LogP contribution is -2.34. The number of nitrogens with one attached hydrogen (secondary N) is 1. The Morgan fingerprint density at radius 2 is 1.94 bits per heavy atom. The molecule has 1 aromatic rings. The third-order valence-corrected chi connectivity index (χ3v) is 2.76. The van der Waals surface area contributed by atoms with Crippen LogP contribution in [0.5, 0.6) is 0 Å². The van der Waals surface area contributed by atoms with Gasteiger partial charge in [0.15, 0.2) is 0 Å². The molecule has 0 aromatic heterocycles. The van der Waals surface area contributed by atoms with Gasteiger partial charge in [-0.25, -0.2) is 0 Å². The Morgan fingerprint density at radius 1 is 1.29 bits per heavy atom. The maximum absolute atomic E-state index is 9.27. The molecular formula is C15H23NO. The molecule has 0 saturated heterocycles. The average Bonchev–Trinajstić information content (AvgIpc) is 2.34. The van der Waals surface area contributed by atoms with Crippen molar-refractivity contribution in [2.75, 3.05) is 13.2 Å². The molecule has 1 rings (SSSR count). The molecule has 0 aliphatic heterocycles. The first kappa shape index (κ1) is 13.9. The minimum Gasteiger partial charge on any atom is -0.395 e. The molecule has 2 heteroatoms. The van der Waals surface area contributed by atoms with Gasteiger partial charge in [0.1, 0.15) is 0 Å². The number of aliphatic hydroxyl groups is 1. The van der Waals surface area contributed by atoms with Gasteiger partial charge >= 0.3 is 0 Å². The molecule has 0 heterocycles. The van der Waals surface area contributed by atoms with Gasteiger partial charge in [0.2, 0.25) is 0 Å². The van der Waals surface area contributed by atoms with E-state index in [1.807, 2.05) is 18.2 Å². The molecule has 1 unspecified atom stereocenters. The van der Waals surface area contributed by atoms with Crippen LogP contribution in [0.4, 0.5) is 0 Å². The van der Waals surface area contributed by atoms with Crippen LogP contribution in [0.2, 0.25) is 0 Å². The van der Waals surface area contributed by atoms with Crippen LogP contribution in [0.3, 0.4) is 0 Å². The maximum atomic E-state index is 9.27. The van der Waals surface area contributed by atoms with E-state index in [0.717, 1.165) is 24.1 Å². The van der Waals surface area contributed by atoms with Crippen LogP contribution in [0.15, 0.2) is 36.9 Å². The predicted octanol–water partition coefficient (Wildman–Crippen LogP) is 2.70. The first-order chi connectivity index (χ1) is 8.13. The molecule has 0 spiro atoms. The zero-order valence-corrected chi connectivity index (χ0v) is 10.8. The molecule has 0 amide bonds. The number of hydrogen-bond acceptors (Lipinski definition) is 2. The summed E-state index contributed by atoms with van der Waals surface area (Å²) in [6.07, 6.45) is 0.985. The van der Waals surface area contributed by atoms with Crippen molar-refractivity contribution in [3.05, 3.63) is 42.5 Å². The van der Waals surface area contributed by atoms with Gasteiger partial charge in [-0.3, -0.25) is 0 Å². The van der Waals surface area contributed by atoms with Crippen LogP contribution in [0.25, 0.3) is 5.57 Å². The summed E-state index contributed by atoms with van der Waals surface area (Å²) in [5.74, 6) is 0.588. The van der Waals surface area contributed by atoms with Gasteiger partial charge in [0, 0.05) is 12.6 Å². The predicted molar refractivity (Wildman–Crippen MR) is 73.8 cm³/mol. The van der Waals surface area contributed by atoms with E-state index in [-0.39, 0.29) is 12.6 Å². The summed E-state index contributed by atoms with van der Waals surface area (Å²) in [6.45, 7) is 9.30. The van der Waals surface area contributed by atoms with Crippen molar-refractivity contribution >= 4 is 5.57 Å². The molecule has 0 aliphatic rings. The topological polar surface area (TPSA) is 32.3 Å². The Labute approximate surface area is 104 Å². The third kappa shape index (κ3) is 5.16. The Hall–Kier alpha value is -1.12. The van der Waals surface area contributed by atoms with E-state index in [4.69, 9.17) is 0 Å². The van der Waals surface area contributed by atoms with Crippen molar-refractivity contribution in [2.24, 2.45) is 5.92 Å². The van der Waals surface area contributed by atoms with Crippen LogP contribution in [0.1, 0.15) is 25.8 Å². The summed E-state index contributed by atoms with van der Waals surface area (Å²) in [6, 6.07) is 10.3. The first-order valence-electron chi connectivity index (χ1n) is 6.21. The largest absolute Gasteiger partial charge is 0.395 e. The minimum atomic E-state index is 0.162. The van der Waals surface area contributed by atoms with E-state index in [1.54, 1.807) is 0 Å². The summed E-state index contributed by atoms with van der Waals surface area (Å²) >= 11 is 0. The van der Waals surface area contributed by atoms with Crippen LogP contribution < -0.4 is 5.32 Å². The normalized spacial score (nSPS) is 12.7. The lowest BCUT2D eigenvalue weighted by Gasteiger charge is -2.19. The van der Waals surface area contributed by atoms with E-state index in [0.29, 0.717) is 5.92 Å². The highest BCUT2D eigenvalue weighted by molar-refractivity contribution is 5.64. The lowest BCUT2D eigenvalue weighted by molar-refractivity contribution is 0.228. The summed E-state index contributed by atoms with van der Waals surface area (Å²) in [4.78, 5) is 0. The Morgan fingerprint density at radius 3 is 2.47 bits per heavy atom. The SMILES string of the molecule is C=C(CNC(CO)CC(C)C)c1ccccc1. The van der Waals surface area contributed by atoms with Crippen LogP contribution in [0, 0.1) is 5.92 Å². The Bertz CT molecular complexity index is 332. The van der Waals surface area contributed by atoms with Gasteiger partial charge in [0.25, 0.3) is 0 Å². The molecule has 0 aliphatic carbocycles. The van der Waals surface area contributed by atoms with Crippen LogP contribution in [-0.2, 0) is 0 Å². The number of hydrogen-bond donors (Lipinski definition) is 2. The first-order valence-corrected chi connectivity index (χ1v) is 6.21. The van der Waals surface area contributed by atoms with Crippen molar-refractivity contribution in [2.45, 2.75) is 26.3 Å². The van der Waals surface area contributed by atoms with Gasteiger partial charge in [-0.15, -0.1) is 0 Å². The van der Waals surface area contributed by atoms with Crippen molar-refractivity contribution in [1.82, 2.24) is 5.32 Å². The molecule has 0 radical (unpaired) electrons. The summed E-state index contributed by atoms with van der Waals surface area (Å²) in [5.41, 5.74) is 2.22. The monoisotopic (exact) mass is 233 g/mol.